The molecule has 2 aliphatic heterocycles. The van der Waals surface area contributed by atoms with Crippen LogP contribution in [0.5, 0.6) is 0 Å². The zero-order chi connectivity index (χ0) is 13.0. The van der Waals surface area contributed by atoms with Crippen molar-refractivity contribution >= 4 is 17.8 Å². The van der Waals surface area contributed by atoms with Crippen LogP contribution in [0, 0.1) is 0 Å². The van der Waals surface area contributed by atoms with E-state index in [1.165, 1.54) is 0 Å². The van der Waals surface area contributed by atoms with Gasteiger partial charge in [-0.2, -0.15) is 0 Å². The van der Waals surface area contributed by atoms with Crippen LogP contribution in [-0.4, -0.2) is 41.9 Å². The van der Waals surface area contributed by atoms with Gasteiger partial charge >= 0.3 is 6.03 Å². The highest BCUT2D eigenvalue weighted by Crippen LogP contribution is 2.11. The molecule has 0 spiro atoms. The van der Waals surface area contributed by atoms with Crippen molar-refractivity contribution in [1.29, 1.82) is 0 Å². The molecule has 2 heterocycles. The lowest BCUT2D eigenvalue weighted by Crippen LogP contribution is -2.55. The van der Waals surface area contributed by atoms with Gasteiger partial charge in [0, 0.05) is 19.5 Å². The Hall–Kier alpha value is -1.59. The van der Waals surface area contributed by atoms with Crippen LogP contribution in [0.3, 0.4) is 0 Å². The van der Waals surface area contributed by atoms with E-state index in [-0.39, 0.29) is 18.4 Å². The lowest BCUT2D eigenvalue weighted by molar-refractivity contribution is -0.134. The van der Waals surface area contributed by atoms with Crippen LogP contribution in [0.1, 0.15) is 38.5 Å². The van der Waals surface area contributed by atoms with E-state index in [1.54, 1.807) is 4.90 Å². The molecule has 0 saturated carbocycles. The Morgan fingerprint density at radius 2 is 1.83 bits per heavy atom. The SMILES string of the molecule is O=C1CCC(NC(=O)N2CCCCCC2)C(=O)N1. The first-order chi connectivity index (χ1) is 8.66. The Balaban J connectivity index is 1.86. The van der Waals surface area contributed by atoms with E-state index in [0.717, 1.165) is 38.8 Å². The molecule has 4 amide bonds. The number of amides is 4. The molecular formula is C12H19N3O3. The van der Waals surface area contributed by atoms with E-state index >= 15 is 0 Å². The van der Waals surface area contributed by atoms with Gasteiger partial charge in [0.2, 0.25) is 11.8 Å². The summed E-state index contributed by atoms with van der Waals surface area (Å²) < 4.78 is 0. The molecule has 0 aromatic carbocycles. The molecule has 2 saturated heterocycles. The Bertz CT molecular complexity index is 348. The molecule has 100 valence electrons. The maximum absolute atomic E-state index is 12.0. The fourth-order valence-corrected chi connectivity index (χ4v) is 2.35. The number of rotatable bonds is 1. The number of nitrogens with zero attached hydrogens (tertiary/aromatic N) is 1. The number of urea groups is 1. The van der Waals surface area contributed by atoms with E-state index in [0.29, 0.717) is 6.42 Å². The molecule has 0 aromatic rings. The van der Waals surface area contributed by atoms with Crippen LogP contribution >= 0.6 is 0 Å². The van der Waals surface area contributed by atoms with Crippen LogP contribution in [0.4, 0.5) is 4.79 Å². The standard InChI is InChI=1S/C12H19N3O3/c16-10-6-5-9(11(17)14-10)13-12(18)15-7-3-1-2-4-8-15/h9H,1-8H2,(H,13,18)(H,14,16,17). The van der Waals surface area contributed by atoms with Gasteiger partial charge in [-0.1, -0.05) is 12.8 Å². The van der Waals surface area contributed by atoms with Crippen molar-refractivity contribution in [2.24, 2.45) is 0 Å². The minimum Gasteiger partial charge on any atom is -0.326 e. The minimum atomic E-state index is -0.571. The number of piperidine rings is 1. The highest BCUT2D eigenvalue weighted by atomic mass is 16.2. The molecule has 0 aromatic heterocycles. The van der Waals surface area contributed by atoms with Crippen molar-refractivity contribution in [2.45, 2.75) is 44.6 Å². The second kappa shape index (κ2) is 5.84. The summed E-state index contributed by atoms with van der Waals surface area (Å²) >= 11 is 0. The summed E-state index contributed by atoms with van der Waals surface area (Å²) in [6.07, 6.45) is 5.02. The number of likely N-dealkylation sites (tertiary alicyclic amines) is 1. The van der Waals surface area contributed by atoms with Gasteiger partial charge in [-0.3, -0.25) is 14.9 Å². The fraction of sp³-hybridized carbons (Fsp3) is 0.750. The van der Waals surface area contributed by atoms with Gasteiger partial charge in [-0.15, -0.1) is 0 Å². The Kier molecular flexibility index (Phi) is 4.17. The molecule has 2 fully saturated rings. The first-order valence-corrected chi connectivity index (χ1v) is 6.56. The molecule has 1 atom stereocenters. The average molecular weight is 253 g/mol. The van der Waals surface area contributed by atoms with Crippen LogP contribution < -0.4 is 10.6 Å². The van der Waals surface area contributed by atoms with Crippen LogP contribution in [0.2, 0.25) is 0 Å². The van der Waals surface area contributed by atoms with E-state index in [2.05, 4.69) is 10.6 Å². The van der Waals surface area contributed by atoms with E-state index in [9.17, 15) is 14.4 Å². The normalized spacial score (nSPS) is 25.3. The molecule has 1 unspecified atom stereocenters. The maximum atomic E-state index is 12.0. The molecule has 2 N–H and O–H groups in total. The first-order valence-electron chi connectivity index (χ1n) is 6.56. The van der Waals surface area contributed by atoms with Crippen molar-refractivity contribution in [1.82, 2.24) is 15.5 Å². The number of imide groups is 1. The summed E-state index contributed by atoms with van der Waals surface area (Å²) in [5, 5.41) is 4.95. The minimum absolute atomic E-state index is 0.189. The summed E-state index contributed by atoms with van der Waals surface area (Å²) in [6, 6.07) is -0.759. The average Bonchev–Trinajstić information content (AvgIpc) is 2.61. The predicted molar refractivity (Wildman–Crippen MR) is 64.7 cm³/mol. The lowest BCUT2D eigenvalue weighted by atomic mass is 10.1. The van der Waals surface area contributed by atoms with E-state index < -0.39 is 11.9 Å². The highest BCUT2D eigenvalue weighted by molar-refractivity contribution is 6.01. The zero-order valence-corrected chi connectivity index (χ0v) is 10.4. The second-order valence-electron chi connectivity index (χ2n) is 4.85. The van der Waals surface area contributed by atoms with Crippen LogP contribution in [0.25, 0.3) is 0 Å². The van der Waals surface area contributed by atoms with Gasteiger partial charge < -0.3 is 10.2 Å². The monoisotopic (exact) mass is 253 g/mol. The van der Waals surface area contributed by atoms with Gasteiger partial charge in [-0.05, 0) is 19.3 Å². The predicted octanol–water partition coefficient (Wildman–Crippen LogP) is 0.377. The molecule has 6 heteroatoms. The third-order valence-corrected chi connectivity index (χ3v) is 3.43. The summed E-state index contributed by atoms with van der Waals surface area (Å²) in [7, 11) is 0. The largest absolute Gasteiger partial charge is 0.326 e. The summed E-state index contributed by atoms with van der Waals surface area (Å²) in [5.74, 6) is -0.658. The van der Waals surface area contributed by atoms with Crippen molar-refractivity contribution in [3.05, 3.63) is 0 Å². The molecule has 0 bridgehead atoms. The Morgan fingerprint density at radius 1 is 1.17 bits per heavy atom. The topological polar surface area (TPSA) is 78.5 Å². The number of nitrogens with one attached hydrogen (secondary N) is 2. The van der Waals surface area contributed by atoms with Gasteiger partial charge in [0.05, 0.1) is 0 Å². The fourth-order valence-electron chi connectivity index (χ4n) is 2.35. The zero-order valence-electron chi connectivity index (χ0n) is 10.4. The lowest BCUT2D eigenvalue weighted by Gasteiger charge is -2.26. The smallest absolute Gasteiger partial charge is 0.318 e. The number of hydrogen-bond donors (Lipinski definition) is 2. The third-order valence-electron chi connectivity index (χ3n) is 3.43. The second-order valence-corrected chi connectivity index (χ2v) is 4.85. The van der Waals surface area contributed by atoms with Crippen molar-refractivity contribution in [3.63, 3.8) is 0 Å². The van der Waals surface area contributed by atoms with Crippen molar-refractivity contribution < 1.29 is 14.4 Å². The number of carbonyl (C=O) groups excluding carboxylic acids is 3. The van der Waals surface area contributed by atoms with Crippen molar-refractivity contribution in [3.8, 4) is 0 Å². The summed E-state index contributed by atoms with van der Waals surface area (Å²) in [4.78, 5) is 36.3. The van der Waals surface area contributed by atoms with Gasteiger partial charge in [-0.25, -0.2) is 4.79 Å². The van der Waals surface area contributed by atoms with Crippen LogP contribution in [-0.2, 0) is 9.59 Å². The number of hydrogen-bond acceptors (Lipinski definition) is 3. The van der Waals surface area contributed by atoms with Gasteiger partial charge in [0.1, 0.15) is 6.04 Å². The Labute approximate surface area is 106 Å². The molecule has 18 heavy (non-hydrogen) atoms. The van der Waals surface area contributed by atoms with Crippen LogP contribution in [0.15, 0.2) is 0 Å². The molecule has 0 aliphatic carbocycles. The Morgan fingerprint density at radius 3 is 2.44 bits per heavy atom. The van der Waals surface area contributed by atoms with Crippen molar-refractivity contribution in [2.75, 3.05) is 13.1 Å². The first kappa shape index (κ1) is 12.9. The summed E-state index contributed by atoms with van der Waals surface area (Å²) in [5.41, 5.74) is 0. The molecule has 2 aliphatic rings. The van der Waals surface area contributed by atoms with Gasteiger partial charge in [0.15, 0.2) is 0 Å². The number of carbonyl (C=O) groups is 3. The third kappa shape index (κ3) is 3.21. The highest BCUT2D eigenvalue weighted by Gasteiger charge is 2.29. The van der Waals surface area contributed by atoms with Gasteiger partial charge in [0.25, 0.3) is 0 Å². The quantitative estimate of drug-likeness (QED) is 0.663. The molecule has 6 nitrogen and oxygen atoms in total. The summed E-state index contributed by atoms with van der Waals surface area (Å²) in [6.45, 7) is 1.50. The molecular weight excluding hydrogens is 234 g/mol. The van der Waals surface area contributed by atoms with E-state index in [1.807, 2.05) is 0 Å². The maximum Gasteiger partial charge on any atom is 0.318 e. The van der Waals surface area contributed by atoms with E-state index in [4.69, 9.17) is 0 Å². The molecule has 2 rings (SSSR count). The molecule has 0 radical (unpaired) electrons.